The van der Waals surface area contributed by atoms with Crippen LogP contribution in [0.2, 0.25) is 0 Å². The van der Waals surface area contributed by atoms with Crippen molar-refractivity contribution in [1.82, 2.24) is 0 Å². The Morgan fingerprint density at radius 2 is 1.59 bits per heavy atom. The van der Waals surface area contributed by atoms with Gasteiger partial charge in [-0.05, 0) is 58.7 Å². The normalized spacial score (nSPS) is 19.6. The first-order valence-electron chi connectivity index (χ1n) is 13.0. The number of fused-ring (bicyclic) bond motifs is 1. The predicted octanol–water partition coefficient (Wildman–Crippen LogP) is 7.43. The molecule has 0 bridgehead atoms. The zero-order valence-corrected chi connectivity index (χ0v) is 21.8. The summed E-state index contributed by atoms with van der Waals surface area (Å²) < 4.78 is 13.9. The van der Waals surface area contributed by atoms with Gasteiger partial charge in [0.2, 0.25) is 5.91 Å². The molecule has 2 aliphatic rings. The van der Waals surface area contributed by atoms with E-state index < -0.39 is 6.04 Å². The molecule has 0 saturated carbocycles. The molecule has 1 aliphatic carbocycles. The van der Waals surface area contributed by atoms with E-state index in [1.54, 1.807) is 17.0 Å². The Hall–Kier alpha value is -3.73. The second kappa shape index (κ2) is 9.62. The summed E-state index contributed by atoms with van der Waals surface area (Å²) in [4.78, 5) is 29.1. The van der Waals surface area contributed by atoms with Gasteiger partial charge in [0, 0.05) is 24.1 Å². The van der Waals surface area contributed by atoms with Gasteiger partial charge in [-0.3, -0.25) is 14.5 Å². The highest BCUT2D eigenvalue weighted by Crippen LogP contribution is 2.47. The first-order valence-corrected chi connectivity index (χ1v) is 13.0. The van der Waals surface area contributed by atoms with Crippen LogP contribution in [0, 0.1) is 5.82 Å². The molecule has 0 spiro atoms. The van der Waals surface area contributed by atoms with E-state index in [0.29, 0.717) is 18.4 Å². The van der Waals surface area contributed by atoms with Crippen LogP contribution in [0.5, 0.6) is 0 Å². The number of anilines is 2. The van der Waals surface area contributed by atoms with Gasteiger partial charge in [-0.1, -0.05) is 76.2 Å². The average molecular weight is 497 g/mol. The molecule has 0 unspecified atom stereocenters. The van der Waals surface area contributed by atoms with Crippen LogP contribution in [-0.2, 0) is 15.0 Å². The topological polar surface area (TPSA) is 49.4 Å². The van der Waals surface area contributed by atoms with E-state index in [1.165, 1.54) is 17.7 Å². The lowest BCUT2D eigenvalue weighted by atomic mass is 9.77. The van der Waals surface area contributed by atoms with Crippen LogP contribution >= 0.6 is 0 Å². The van der Waals surface area contributed by atoms with E-state index in [4.69, 9.17) is 0 Å². The SMILES string of the molecule is CCC(=O)N1c2ccccc2NC2=C(C(=O)C[C@@H](c3ccc(C(C)(C)C)cc3)C2)[C@H]1c1ccc(F)cc1. The number of para-hydroxylation sites is 2. The van der Waals surface area contributed by atoms with E-state index in [0.717, 1.165) is 28.2 Å². The lowest BCUT2D eigenvalue weighted by molar-refractivity contribution is -0.119. The Morgan fingerprint density at radius 3 is 2.24 bits per heavy atom. The Bertz CT molecular complexity index is 1370. The number of halogens is 1. The quantitative estimate of drug-likeness (QED) is 0.410. The highest BCUT2D eigenvalue weighted by molar-refractivity contribution is 6.06. The molecule has 3 aromatic rings. The Morgan fingerprint density at radius 1 is 0.946 bits per heavy atom. The van der Waals surface area contributed by atoms with Crippen molar-refractivity contribution in [3.63, 3.8) is 0 Å². The number of hydrogen-bond acceptors (Lipinski definition) is 3. The number of rotatable bonds is 3. The van der Waals surface area contributed by atoms with Crippen molar-refractivity contribution < 1.29 is 14.0 Å². The first-order chi connectivity index (χ1) is 17.7. The molecule has 0 fully saturated rings. The van der Waals surface area contributed by atoms with E-state index in [-0.39, 0.29) is 35.3 Å². The van der Waals surface area contributed by atoms with Crippen molar-refractivity contribution >= 4 is 23.1 Å². The molecule has 0 radical (unpaired) electrons. The number of carbonyl (C=O) groups excluding carboxylic acids is 2. The van der Waals surface area contributed by atoms with Crippen molar-refractivity contribution in [1.29, 1.82) is 0 Å². The first kappa shape index (κ1) is 24.9. The minimum absolute atomic E-state index is 0.00896. The zero-order valence-electron chi connectivity index (χ0n) is 21.8. The second-order valence-electron chi connectivity index (χ2n) is 11.0. The minimum Gasteiger partial charge on any atom is -0.357 e. The summed E-state index contributed by atoms with van der Waals surface area (Å²) >= 11 is 0. The molecule has 1 heterocycles. The molecule has 190 valence electrons. The zero-order chi connectivity index (χ0) is 26.3. The number of allylic oxidation sites excluding steroid dienone is 1. The average Bonchev–Trinajstić information content (AvgIpc) is 3.03. The van der Waals surface area contributed by atoms with Gasteiger partial charge in [-0.2, -0.15) is 0 Å². The molecule has 0 saturated heterocycles. The third-order valence-corrected chi connectivity index (χ3v) is 7.49. The van der Waals surface area contributed by atoms with Crippen molar-refractivity contribution in [2.75, 3.05) is 10.2 Å². The summed E-state index contributed by atoms with van der Waals surface area (Å²) in [7, 11) is 0. The third-order valence-electron chi connectivity index (χ3n) is 7.49. The van der Waals surface area contributed by atoms with Gasteiger partial charge in [-0.15, -0.1) is 0 Å². The number of nitrogens with one attached hydrogen (secondary N) is 1. The lowest BCUT2D eigenvalue weighted by Gasteiger charge is -2.35. The van der Waals surface area contributed by atoms with Crippen LogP contribution in [0.25, 0.3) is 0 Å². The predicted molar refractivity (Wildman–Crippen MR) is 146 cm³/mol. The molecule has 3 aromatic carbocycles. The summed E-state index contributed by atoms with van der Waals surface area (Å²) in [6.45, 7) is 8.39. The number of ketones is 1. The number of nitrogens with zero attached hydrogens (tertiary/aromatic N) is 1. The molecule has 1 N–H and O–H groups in total. The fourth-order valence-electron chi connectivity index (χ4n) is 5.49. The van der Waals surface area contributed by atoms with Gasteiger partial charge in [0.25, 0.3) is 0 Å². The van der Waals surface area contributed by atoms with E-state index in [1.807, 2.05) is 31.2 Å². The molecule has 1 aliphatic heterocycles. The maximum absolute atomic E-state index is 13.9. The van der Waals surface area contributed by atoms with Gasteiger partial charge in [0.1, 0.15) is 5.82 Å². The van der Waals surface area contributed by atoms with Gasteiger partial charge < -0.3 is 5.32 Å². The highest BCUT2D eigenvalue weighted by Gasteiger charge is 2.41. The van der Waals surface area contributed by atoms with Gasteiger partial charge in [-0.25, -0.2) is 4.39 Å². The summed E-state index contributed by atoms with van der Waals surface area (Å²) in [6.07, 6.45) is 1.29. The van der Waals surface area contributed by atoms with Gasteiger partial charge in [0.05, 0.1) is 17.4 Å². The lowest BCUT2D eigenvalue weighted by Crippen LogP contribution is -2.38. The Balaban J connectivity index is 1.64. The molecule has 0 aromatic heterocycles. The van der Waals surface area contributed by atoms with Crippen molar-refractivity contribution in [3.05, 3.63) is 107 Å². The number of Topliss-reactive ketones (excluding diaryl/α,β-unsaturated/α-hetero) is 1. The summed E-state index contributed by atoms with van der Waals surface area (Å²) in [5, 5.41) is 3.54. The number of amides is 1. The highest BCUT2D eigenvalue weighted by atomic mass is 19.1. The number of carbonyl (C=O) groups is 2. The van der Waals surface area contributed by atoms with Gasteiger partial charge in [0.15, 0.2) is 5.78 Å². The fraction of sp³-hybridized carbons (Fsp3) is 0.312. The molecule has 4 nitrogen and oxygen atoms in total. The summed E-state index contributed by atoms with van der Waals surface area (Å²) in [6, 6.07) is 21.8. The smallest absolute Gasteiger partial charge is 0.227 e. The van der Waals surface area contributed by atoms with Crippen LogP contribution in [0.15, 0.2) is 84.1 Å². The van der Waals surface area contributed by atoms with Crippen molar-refractivity contribution in [2.45, 2.75) is 64.3 Å². The summed E-state index contributed by atoms with van der Waals surface area (Å²) in [5.41, 5.74) is 6.09. The maximum Gasteiger partial charge on any atom is 0.227 e. The Kier molecular flexibility index (Phi) is 6.49. The summed E-state index contributed by atoms with van der Waals surface area (Å²) in [5.74, 6) is -0.408. The largest absolute Gasteiger partial charge is 0.357 e. The minimum atomic E-state index is -0.629. The van der Waals surface area contributed by atoms with Crippen LogP contribution in [0.4, 0.5) is 15.8 Å². The molecule has 37 heavy (non-hydrogen) atoms. The Labute approximate surface area is 218 Å². The van der Waals surface area contributed by atoms with E-state index in [9.17, 15) is 14.0 Å². The maximum atomic E-state index is 13.9. The van der Waals surface area contributed by atoms with Crippen molar-refractivity contribution in [3.8, 4) is 0 Å². The van der Waals surface area contributed by atoms with Crippen molar-refractivity contribution in [2.24, 2.45) is 0 Å². The fourth-order valence-corrected chi connectivity index (χ4v) is 5.49. The molecular weight excluding hydrogens is 463 g/mol. The number of hydrogen-bond donors (Lipinski definition) is 1. The van der Waals surface area contributed by atoms with Crippen LogP contribution in [0.3, 0.4) is 0 Å². The van der Waals surface area contributed by atoms with E-state index in [2.05, 4.69) is 50.4 Å². The van der Waals surface area contributed by atoms with Gasteiger partial charge >= 0.3 is 0 Å². The van der Waals surface area contributed by atoms with Crippen LogP contribution in [-0.4, -0.2) is 11.7 Å². The van der Waals surface area contributed by atoms with E-state index >= 15 is 0 Å². The number of benzene rings is 3. The monoisotopic (exact) mass is 496 g/mol. The molecule has 5 rings (SSSR count). The molecule has 1 amide bonds. The van der Waals surface area contributed by atoms with Crippen LogP contribution < -0.4 is 10.2 Å². The molecule has 2 atom stereocenters. The third kappa shape index (κ3) is 4.71. The standard InChI is InChI=1S/C32H33FN2O2/c1-5-29(37)35-27-9-7-6-8-25(27)34-26-18-22(20-10-14-23(15-11-20)32(2,3)4)19-28(36)30(26)31(35)21-12-16-24(33)17-13-21/h6-17,22,31,34H,5,18-19H2,1-4H3/t22-,31+/m0/s1. The second-order valence-corrected chi connectivity index (χ2v) is 11.0. The molecule has 5 heteroatoms. The van der Waals surface area contributed by atoms with Crippen LogP contribution in [0.1, 0.15) is 75.6 Å². The molecular formula is C32H33FN2O2.